The predicted octanol–water partition coefficient (Wildman–Crippen LogP) is 3.65. The second kappa shape index (κ2) is 9.38. The van der Waals surface area contributed by atoms with Crippen LogP contribution in [0.15, 0.2) is 43.0 Å². The number of nitrogens with zero attached hydrogens (tertiary/aromatic N) is 2. The Kier molecular flexibility index (Phi) is 6.66. The van der Waals surface area contributed by atoms with Gasteiger partial charge in [0.05, 0.1) is 19.0 Å². The van der Waals surface area contributed by atoms with Crippen LogP contribution in [0.1, 0.15) is 38.2 Å². The summed E-state index contributed by atoms with van der Waals surface area (Å²) < 4.78 is 7.91. The summed E-state index contributed by atoms with van der Waals surface area (Å²) in [7, 11) is 0. The Morgan fingerprint density at radius 3 is 3.04 bits per heavy atom. The summed E-state index contributed by atoms with van der Waals surface area (Å²) in [6.07, 6.45) is 10.7. The smallest absolute Gasteiger partial charge is 0.319 e. The molecule has 1 aliphatic rings. The Labute approximate surface area is 155 Å². The SMILES string of the molecule is CC1CCCCC1OCCNC(=O)Nc1cccc(Cn2ccnc2)c1. The zero-order valence-corrected chi connectivity index (χ0v) is 15.4. The Bertz CT molecular complexity index is 687. The Morgan fingerprint density at radius 2 is 2.23 bits per heavy atom. The molecule has 1 heterocycles. The molecule has 2 amide bonds. The number of nitrogens with one attached hydrogen (secondary N) is 2. The van der Waals surface area contributed by atoms with Crippen LogP contribution >= 0.6 is 0 Å². The van der Waals surface area contributed by atoms with E-state index in [1.165, 1.54) is 19.3 Å². The van der Waals surface area contributed by atoms with Crippen LogP contribution in [0, 0.1) is 5.92 Å². The molecule has 1 aromatic carbocycles. The monoisotopic (exact) mass is 356 g/mol. The summed E-state index contributed by atoms with van der Waals surface area (Å²) in [4.78, 5) is 16.1. The maximum atomic E-state index is 12.1. The molecular formula is C20H28N4O2. The van der Waals surface area contributed by atoms with Gasteiger partial charge in [-0.25, -0.2) is 9.78 Å². The molecule has 6 heteroatoms. The van der Waals surface area contributed by atoms with Crippen molar-refractivity contribution in [1.29, 1.82) is 0 Å². The highest BCUT2D eigenvalue weighted by Crippen LogP contribution is 2.25. The van der Waals surface area contributed by atoms with Gasteiger partial charge in [-0.3, -0.25) is 0 Å². The van der Waals surface area contributed by atoms with Crippen LogP contribution in [-0.2, 0) is 11.3 Å². The first kappa shape index (κ1) is 18.5. The number of rotatable bonds is 7. The molecule has 1 aliphatic carbocycles. The van der Waals surface area contributed by atoms with Gasteiger partial charge in [-0.2, -0.15) is 0 Å². The third-order valence-electron chi connectivity index (χ3n) is 4.86. The van der Waals surface area contributed by atoms with Crippen LogP contribution in [-0.4, -0.2) is 34.8 Å². The van der Waals surface area contributed by atoms with Crippen molar-refractivity contribution in [2.75, 3.05) is 18.5 Å². The highest BCUT2D eigenvalue weighted by molar-refractivity contribution is 5.89. The maximum absolute atomic E-state index is 12.1. The minimum Gasteiger partial charge on any atom is -0.376 e. The molecule has 2 N–H and O–H groups in total. The van der Waals surface area contributed by atoms with Gasteiger partial charge in [0, 0.05) is 31.2 Å². The first-order valence-electron chi connectivity index (χ1n) is 9.42. The molecule has 0 spiro atoms. The first-order chi connectivity index (χ1) is 12.7. The molecule has 1 aromatic heterocycles. The number of ether oxygens (including phenoxy) is 1. The molecule has 140 valence electrons. The molecule has 1 fully saturated rings. The van der Waals surface area contributed by atoms with E-state index in [4.69, 9.17) is 4.74 Å². The van der Waals surface area contributed by atoms with Gasteiger partial charge in [0.25, 0.3) is 0 Å². The highest BCUT2D eigenvalue weighted by Gasteiger charge is 2.21. The van der Waals surface area contributed by atoms with E-state index in [9.17, 15) is 4.79 Å². The van der Waals surface area contributed by atoms with Crippen molar-refractivity contribution in [3.05, 3.63) is 48.5 Å². The number of carbonyl (C=O) groups excluding carboxylic acids is 1. The normalized spacial score (nSPS) is 19.9. The van der Waals surface area contributed by atoms with Crippen molar-refractivity contribution in [2.24, 2.45) is 5.92 Å². The van der Waals surface area contributed by atoms with E-state index >= 15 is 0 Å². The number of urea groups is 1. The largest absolute Gasteiger partial charge is 0.376 e. The Balaban J connectivity index is 1.39. The van der Waals surface area contributed by atoms with Crippen molar-refractivity contribution in [2.45, 2.75) is 45.3 Å². The summed E-state index contributed by atoms with van der Waals surface area (Å²) >= 11 is 0. The molecule has 2 unspecified atom stereocenters. The number of imidazole rings is 1. The average Bonchev–Trinajstić information content (AvgIpc) is 3.13. The van der Waals surface area contributed by atoms with Crippen molar-refractivity contribution in [1.82, 2.24) is 14.9 Å². The van der Waals surface area contributed by atoms with Gasteiger partial charge < -0.3 is 19.9 Å². The third kappa shape index (κ3) is 5.59. The van der Waals surface area contributed by atoms with Crippen LogP contribution in [0.4, 0.5) is 10.5 Å². The van der Waals surface area contributed by atoms with Crippen molar-refractivity contribution >= 4 is 11.7 Å². The molecule has 1 saturated carbocycles. The minimum atomic E-state index is -0.204. The number of hydrogen-bond donors (Lipinski definition) is 2. The number of hydrogen-bond acceptors (Lipinski definition) is 3. The lowest BCUT2D eigenvalue weighted by molar-refractivity contribution is -0.00232. The number of aromatic nitrogens is 2. The fraction of sp³-hybridized carbons (Fsp3) is 0.500. The second-order valence-electron chi connectivity index (χ2n) is 6.99. The van der Waals surface area contributed by atoms with E-state index in [1.807, 2.05) is 35.0 Å². The molecular weight excluding hydrogens is 328 g/mol. The molecule has 6 nitrogen and oxygen atoms in total. The lowest BCUT2D eigenvalue weighted by Crippen LogP contribution is -2.34. The zero-order chi connectivity index (χ0) is 18.2. The van der Waals surface area contributed by atoms with Crippen LogP contribution in [0.5, 0.6) is 0 Å². The summed E-state index contributed by atoms with van der Waals surface area (Å²) in [6, 6.07) is 7.62. The number of amides is 2. The molecule has 26 heavy (non-hydrogen) atoms. The van der Waals surface area contributed by atoms with Gasteiger partial charge in [0.15, 0.2) is 0 Å². The first-order valence-corrected chi connectivity index (χ1v) is 9.42. The quantitative estimate of drug-likeness (QED) is 0.744. The molecule has 0 aliphatic heterocycles. The van der Waals surface area contributed by atoms with Gasteiger partial charge in [-0.05, 0) is 36.5 Å². The third-order valence-corrected chi connectivity index (χ3v) is 4.86. The summed E-state index contributed by atoms with van der Waals surface area (Å²) in [5, 5.41) is 5.74. The van der Waals surface area contributed by atoms with Crippen LogP contribution < -0.4 is 10.6 Å². The number of benzene rings is 1. The van der Waals surface area contributed by atoms with Crippen molar-refractivity contribution in [3.8, 4) is 0 Å². The predicted molar refractivity (Wildman–Crippen MR) is 102 cm³/mol. The maximum Gasteiger partial charge on any atom is 0.319 e. The molecule has 3 rings (SSSR count). The van der Waals surface area contributed by atoms with Gasteiger partial charge in [0.1, 0.15) is 0 Å². The van der Waals surface area contributed by atoms with E-state index in [0.29, 0.717) is 25.2 Å². The molecule has 2 aromatic rings. The molecule has 2 atom stereocenters. The average molecular weight is 356 g/mol. The number of anilines is 1. The second-order valence-corrected chi connectivity index (χ2v) is 6.99. The Hall–Kier alpha value is -2.34. The fourth-order valence-corrected chi connectivity index (χ4v) is 3.42. The van der Waals surface area contributed by atoms with Crippen molar-refractivity contribution in [3.63, 3.8) is 0 Å². The summed E-state index contributed by atoms with van der Waals surface area (Å²) in [5.41, 5.74) is 1.89. The van der Waals surface area contributed by atoms with Crippen molar-refractivity contribution < 1.29 is 9.53 Å². The molecule has 0 radical (unpaired) electrons. The lowest BCUT2D eigenvalue weighted by atomic mass is 9.88. The van der Waals surface area contributed by atoms with E-state index < -0.39 is 0 Å². The fourth-order valence-electron chi connectivity index (χ4n) is 3.42. The van der Waals surface area contributed by atoms with Crippen LogP contribution in [0.2, 0.25) is 0 Å². The summed E-state index contributed by atoms with van der Waals surface area (Å²) in [6.45, 7) is 4.05. The van der Waals surface area contributed by atoms with E-state index in [1.54, 1.807) is 12.5 Å². The molecule has 0 bridgehead atoms. The van der Waals surface area contributed by atoms with Gasteiger partial charge in [-0.15, -0.1) is 0 Å². The minimum absolute atomic E-state index is 0.204. The topological polar surface area (TPSA) is 68.2 Å². The Morgan fingerprint density at radius 1 is 1.35 bits per heavy atom. The lowest BCUT2D eigenvalue weighted by Gasteiger charge is -2.28. The van der Waals surface area contributed by atoms with E-state index in [-0.39, 0.29) is 6.03 Å². The van der Waals surface area contributed by atoms with Gasteiger partial charge >= 0.3 is 6.03 Å². The number of carbonyl (C=O) groups is 1. The zero-order valence-electron chi connectivity index (χ0n) is 15.4. The molecule has 0 saturated heterocycles. The van der Waals surface area contributed by atoms with E-state index in [2.05, 4.69) is 22.5 Å². The summed E-state index contributed by atoms with van der Waals surface area (Å²) in [5.74, 6) is 0.621. The van der Waals surface area contributed by atoms with Gasteiger partial charge in [-0.1, -0.05) is 31.9 Å². The highest BCUT2D eigenvalue weighted by atomic mass is 16.5. The van der Waals surface area contributed by atoms with Crippen LogP contribution in [0.3, 0.4) is 0 Å². The van der Waals surface area contributed by atoms with Crippen LogP contribution in [0.25, 0.3) is 0 Å². The van der Waals surface area contributed by atoms with E-state index in [0.717, 1.165) is 24.2 Å². The van der Waals surface area contributed by atoms with Gasteiger partial charge in [0.2, 0.25) is 0 Å². The standard InChI is InChI=1S/C20H28N4O2/c1-16-5-2-3-8-19(16)26-12-10-22-20(25)23-18-7-4-6-17(13-18)14-24-11-9-21-15-24/h4,6-7,9,11,13,15-16,19H,2-3,5,8,10,12,14H2,1H3,(H2,22,23,25).